The Morgan fingerprint density at radius 1 is 0.527 bits per heavy atom. The third-order valence-corrected chi connectivity index (χ3v) is 16.7. The van der Waals surface area contributed by atoms with E-state index >= 15 is 0 Å². The van der Waals surface area contributed by atoms with E-state index in [1.54, 1.807) is 0 Å². The van der Waals surface area contributed by atoms with Gasteiger partial charge in [0.05, 0.1) is 0 Å². The van der Waals surface area contributed by atoms with Gasteiger partial charge in [-0.25, -0.2) is 0 Å². The number of benzene rings is 8. The molecule has 0 spiro atoms. The Morgan fingerprint density at radius 3 is 1.54 bits per heavy atom. The summed E-state index contributed by atoms with van der Waals surface area (Å²) >= 11 is 0. The molecule has 0 fully saturated rings. The van der Waals surface area contributed by atoms with E-state index in [2.05, 4.69) is 253 Å². The lowest BCUT2D eigenvalue weighted by molar-refractivity contribution is 0.575. The van der Waals surface area contributed by atoms with Crippen LogP contribution in [0.1, 0.15) is 121 Å². The molecule has 0 amide bonds. The summed E-state index contributed by atoms with van der Waals surface area (Å²) in [6, 6.07) is 52.8. The van der Waals surface area contributed by atoms with Gasteiger partial charge < -0.3 is 13.7 Å². The van der Waals surface area contributed by atoms with E-state index in [9.17, 15) is 0 Å². The van der Waals surface area contributed by atoms with Crippen LogP contribution in [0.25, 0.3) is 89.6 Å². The van der Waals surface area contributed by atoms with Crippen LogP contribution in [-0.4, -0.2) is 0 Å². The van der Waals surface area contributed by atoms with E-state index in [-0.39, 0.29) is 21.7 Å². The SMILES string of the molecule is C=C/C=c1\c(=C/C)oc2c(-c3ccc(C(C)(C)C)cc3)cc3c(c12)-c1ccc(N(c2ccc4c(c2)C(C)(C)c2cc(-c5ccc(C(C)(C)C)cc5)c5oc6ccccc6c5c2-4)c2ccc(C)cc2C)cc1C3(C)C. The van der Waals surface area contributed by atoms with Gasteiger partial charge in [0.2, 0.25) is 0 Å². The summed E-state index contributed by atoms with van der Waals surface area (Å²) in [6.45, 7) is 33.9. The predicted molar refractivity (Wildman–Crippen MR) is 315 cm³/mol. The van der Waals surface area contributed by atoms with Gasteiger partial charge in [-0.3, -0.25) is 0 Å². The maximum Gasteiger partial charge on any atom is 0.143 e. The fraction of sp³-hybridized carbons (Fsp3) is 0.239. The van der Waals surface area contributed by atoms with Crippen LogP contribution in [-0.2, 0) is 21.7 Å². The van der Waals surface area contributed by atoms with Crippen molar-refractivity contribution in [3.8, 4) is 44.5 Å². The van der Waals surface area contributed by atoms with Crippen LogP contribution in [0.2, 0.25) is 0 Å². The van der Waals surface area contributed by atoms with Crippen LogP contribution in [0.4, 0.5) is 17.1 Å². The zero-order valence-electron chi connectivity index (χ0n) is 45.5. The Morgan fingerprint density at radius 2 is 1.04 bits per heavy atom. The molecule has 0 atom stereocenters. The smallest absolute Gasteiger partial charge is 0.143 e. The molecule has 0 aliphatic heterocycles. The minimum absolute atomic E-state index is 0.0480. The maximum absolute atomic E-state index is 6.91. The van der Waals surface area contributed by atoms with Crippen molar-refractivity contribution in [2.24, 2.45) is 0 Å². The topological polar surface area (TPSA) is 29.5 Å². The summed E-state index contributed by atoms with van der Waals surface area (Å²) in [6.07, 6.45) is 6.09. The van der Waals surface area contributed by atoms with Crippen molar-refractivity contribution in [1.29, 1.82) is 0 Å². The molecule has 2 aromatic heterocycles. The number of hydrogen-bond acceptors (Lipinski definition) is 3. The fourth-order valence-electron chi connectivity index (χ4n) is 12.6. The number of furan rings is 2. The van der Waals surface area contributed by atoms with Gasteiger partial charge in [0, 0.05) is 60.4 Å². The molecule has 0 bridgehead atoms. The van der Waals surface area contributed by atoms with Crippen LogP contribution in [0, 0.1) is 13.8 Å². The number of rotatable bonds is 6. The van der Waals surface area contributed by atoms with Crippen molar-refractivity contribution in [2.45, 2.75) is 112 Å². The molecule has 368 valence electrons. The minimum Gasteiger partial charge on any atom is -0.456 e. The van der Waals surface area contributed by atoms with E-state index < -0.39 is 0 Å². The zero-order chi connectivity index (χ0) is 52.0. The number of para-hydroxylation sites is 1. The van der Waals surface area contributed by atoms with E-state index in [4.69, 9.17) is 8.83 Å². The van der Waals surface area contributed by atoms with E-state index in [0.717, 1.165) is 71.9 Å². The summed E-state index contributed by atoms with van der Waals surface area (Å²) in [5, 5.41) is 4.55. The summed E-state index contributed by atoms with van der Waals surface area (Å²) in [5.74, 6) is 0. The summed E-state index contributed by atoms with van der Waals surface area (Å²) in [5.41, 5.74) is 26.3. The molecule has 0 N–H and O–H groups in total. The molecule has 2 aliphatic rings. The predicted octanol–water partition coefficient (Wildman–Crippen LogP) is 18.7. The van der Waals surface area contributed by atoms with Crippen molar-refractivity contribution in [1.82, 2.24) is 0 Å². The normalized spacial score (nSPS) is 15.0. The highest BCUT2D eigenvalue weighted by atomic mass is 16.3. The number of nitrogens with zero attached hydrogens (tertiary/aromatic N) is 1. The van der Waals surface area contributed by atoms with Gasteiger partial charge in [0.15, 0.2) is 0 Å². The number of anilines is 3. The Hall–Kier alpha value is -7.62. The second-order valence-electron chi connectivity index (χ2n) is 24.3. The number of allylic oxidation sites excluding steroid dienone is 1. The second kappa shape index (κ2) is 16.4. The third-order valence-electron chi connectivity index (χ3n) is 16.7. The maximum atomic E-state index is 6.91. The molecule has 0 saturated carbocycles. The van der Waals surface area contributed by atoms with E-state index in [1.165, 1.54) is 77.7 Å². The Labute approximate surface area is 437 Å². The number of aryl methyl sites for hydroxylation is 2. The first-order valence-electron chi connectivity index (χ1n) is 26.5. The van der Waals surface area contributed by atoms with Crippen LogP contribution in [0.15, 0.2) is 161 Å². The van der Waals surface area contributed by atoms with Crippen LogP contribution in [0.5, 0.6) is 0 Å². The second-order valence-corrected chi connectivity index (χ2v) is 24.3. The summed E-state index contributed by atoms with van der Waals surface area (Å²) in [4.78, 5) is 2.50. The molecule has 74 heavy (non-hydrogen) atoms. The van der Waals surface area contributed by atoms with Gasteiger partial charge in [-0.05, 0) is 159 Å². The third kappa shape index (κ3) is 7.06. The highest BCUT2D eigenvalue weighted by Crippen LogP contribution is 2.58. The summed E-state index contributed by atoms with van der Waals surface area (Å²) in [7, 11) is 0. The van der Waals surface area contributed by atoms with Gasteiger partial charge in [0.1, 0.15) is 22.2 Å². The quantitative estimate of drug-likeness (QED) is 0.166. The molecule has 12 rings (SSSR count). The molecule has 10 aromatic rings. The first kappa shape index (κ1) is 47.4. The van der Waals surface area contributed by atoms with Crippen molar-refractivity contribution in [3.05, 3.63) is 207 Å². The molecule has 2 heterocycles. The molecule has 0 unspecified atom stereocenters. The Balaban J connectivity index is 1.05. The first-order chi connectivity index (χ1) is 35.2. The van der Waals surface area contributed by atoms with Crippen LogP contribution >= 0.6 is 0 Å². The lowest BCUT2D eigenvalue weighted by Crippen LogP contribution is -2.20. The van der Waals surface area contributed by atoms with Crippen LogP contribution < -0.4 is 15.5 Å². The van der Waals surface area contributed by atoms with E-state index in [1.807, 2.05) is 6.08 Å². The van der Waals surface area contributed by atoms with Crippen molar-refractivity contribution >= 4 is 62.1 Å². The first-order valence-corrected chi connectivity index (χ1v) is 26.5. The molecule has 0 radical (unpaired) electrons. The van der Waals surface area contributed by atoms with E-state index in [0.29, 0.717) is 0 Å². The molecular weight excluding hydrogens is 899 g/mol. The number of fused-ring (bicyclic) bond motifs is 12. The minimum atomic E-state index is -0.340. The van der Waals surface area contributed by atoms with Gasteiger partial charge in [-0.2, -0.15) is 0 Å². The highest BCUT2D eigenvalue weighted by Gasteiger charge is 2.41. The summed E-state index contributed by atoms with van der Waals surface area (Å²) < 4.78 is 13.8. The average Bonchev–Trinajstić information content (AvgIpc) is 4.07. The van der Waals surface area contributed by atoms with Gasteiger partial charge in [0.25, 0.3) is 0 Å². The Kier molecular flexibility index (Phi) is 10.5. The molecule has 3 heteroatoms. The standard InChI is InChI=1S/C71H67NO2/c1-15-19-51-60(16-2)73-66-53(43-23-27-45(28-24-43)68(5,6)7)39-57-62(64(51)66)49-33-31-47(37-55(49)70(57,11)12)72(59-35-22-41(3)36-42(59)4)48-32-34-50-56(38-48)71(13,14)58-40-54(44-25-29-46(30-26-44)69(8,9)10)67-65(63(50)58)52-20-17-18-21-61(52)74-67/h15-40H,1H2,2-14H3/b51-19+,60-16+. The monoisotopic (exact) mass is 966 g/mol. The molecule has 0 saturated heterocycles. The fourth-order valence-corrected chi connectivity index (χ4v) is 12.6. The molecule has 8 aromatic carbocycles. The zero-order valence-corrected chi connectivity index (χ0v) is 45.5. The highest BCUT2D eigenvalue weighted by molar-refractivity contribution is 6.19. The molecule has 2 aliphatic carbocycles. The van der Waals surface area contributed by atoms with Crippen molar-refractivity contribution in [3.63, 3.8) is 0 Å². The van der Waals surface area contributed by atoms with Gasteiger partial charge in [-0.1, -0.05) is 185 Å². The average molecular weight is 966 g/mol. The van der Waals surface area contributed by atoms with Gasteiger partial charge >= 0.3 is 0 Å². The van der Waals surface area contributed by atoms with Crippen LogP contribution in [0.3, 0.4) is 0 Å². The van der Waals surface area contributed by atoms with Crippen molar-refractivity contribution in [2.75, 3.05) is 4.90 Å². The lowest BCUT2D eigenvalue weighted by Gasteiger charge is -2.31. The number of hydrogen-bond donors (Lipinski definition) is 0. The van der Waals surface area contributed by atoms with Crippen molar-refractivity contribution < 1.29 is 8.83 Å². The Bertz CT molecular complexity index is 4120. The molecular formula is C71H67NO2. The lowest BCUT2D eigenvalue weighted by atomic mass is 9.80. The molecule has 3 nitrogen and oxygen atoms in total. The van der Waals surface area contributed by atoms with Gasteiger partial charge in [-0.15, -0.1) is 0 Å². The largest absolute Gasteiger partial charge is 0.456 e.